The monoisotopic (exact) mass is 196 g/mol. The van der Waals surface area contributed by atoms with Crippen LogP contribution in [-0.4, -0.2) is 40.3 Å². The summed E-state index contributed by atoms with van der Waals surface area (Å²) >= 11 is 0. The Bertz CT molecular complexity index is 302. The van der Waals surface area contributed by atoms with Crippen LogP contribution in [-0.2, 0) is 6.54 Å². The third-order valence-electron chi connectivity index (χ3n) is 1.99. The first kappa shape index (κ1) is 10.9. The van der Waals surface area contributed by atoms with E-state index < -0.39 is 0 Å². The molecule has 2 N–H and O–H groups in total. The molecule has 0 saturated carbocycles. The van der Waals surface area contributed by atoms with Crippen molar-refractivity contribution in [2.24, 2.45) is 0 Å². The van der Waals surface area contributed by atoms with E-state index in [9.17, 15) is 5.11 Å². The van der Waals surface area contributed by atoms with E-state index in [1.807, 2.05) is 18.9 Å². The second kappa shape index (κ2) is 4.93. The topological polar surface area (TPSA) is 56.6 Å². The number of aliphatic hydroxyl groups is 1. The van der Waals surface area contributed by atoms with Crippen molar-refractivity contribution in [2.45, 2.75) is 13.5 Å². The van der Waals surface area contributed by atoms with E-state index in [4.69, 9.17) is 5.11 Å². The maximum Gasteiger partial charge on any atom is 0.138 e. The minimum atomic E-state index is 0.114. The van der Waals surface area contributed by atoms with Gasteiger partial charge in [0.1, 0.15) is 5.75 Å². The van der Waals surface area contributed by atoms with Crippen LogP contribution in [0.3, 0.4) is 0 Å². The summed E-state index contributed by atoms with van der Waals surface area (Å²) in [5, 5.41) is 18.2. The molecule has 0 fully saturated rings. The smallest absolute Gasteiger partial charge is 0.138 e. The molecule has 1 aromatic heterocycles. The van der Waals surface area contributed by atoms with Gasteiger partial charge in [-0.1, -0.05) is 0 Å². The van der Waals surface area contributed by atoms with Crippen LogP contribution in [0.1, 0.15) is 11.4 Å². The SMILES string of the molecule is Cc1ccc(O)c(CN(C)CCO)n1. The van der Waals surface area contributed by atoms with Crippen LogP contribution >= 0.6 is 0 Å². The van der Waals surface area contributed by atoms with Gasteiger partial charge < -0.3 is 10.2 Å². The van der Waals surface area contributed by atoms with Gasteiger partial charge in [-0.2, -0.15) is 0 Å². The third kappa shape index (κ3) is 2.97. The van der Waals surface area contributed by atoms with E-state index in [1.165, 1.54) is 0 Å². The molecule has 1 aromatic rings. The van der Waals surface area contributed by atoms with Crippen LogP contribution in [0.5, 0.6) is 5.75 Å². The molecule has 0 amide bonds. The maximum absolute atomic E-state index is 9.50. The molecular formula is C10H16N2O2. The van der Waals surface area contributed by atoms with Crippen LogP contribution < -0.4 is 0 Å². The fraction of sp³-hybridized carbons (Fsp3) is 0.500. The van der Waals surface area contributed by atoms with Gasteiger partial charge in [-0.15, -0.1) is 0 Å². The predicted octanol–water partition coefficient (Wildman–Crippen LogP) is 0.520. The molecule has 4 nitrogen and oxygen atoms in total. The molecule has 78 valence electrons. The van der Waals surface area contributed by atoms with Crippen molar-refractivity contribution in [3.05, 3.63) is 23.5 Å². The minimum Gasteiger partial charge on any atom is -0.506 e. The van der Waals surface area contributed by atoms with Gasteiger partial charge >= 0.3 is 0 Å². The molecule has 0 atom stereocenters. The number of pyridine rings is 1. The Balaban J connectivity index is 2.70. The summed E-state index contributed by atoms with van der Waals surface area (Å²) in [7, 11) is 1.87. The van der Waals surface area contributed by atoms with Crippen molar-refractivity contribution in [2.75, 3.05) is 20.2 Å². The van der Waals surface area contributed by atoms with Crippen molar-refractivity contribution in [3.63, 3.8) is 0 Å². The van der Waals surface area contributed by atoms with E-state index in [2.05, 4.69) is 4.98 Å². The highest BCUT2D eigenvalue weighted by Gasteiger charge is 2.06. The molecule has 0 spiro atoms. The van der Waals surface area contributed by atoms with Crippen LogP contribution in [0.15, 0.2) is 12.1 Å². The molecule has 0 bridgehead atoms. The normalized spacial score (nSPS) is 10.9. The lowest BCUT2D eigenvalue weighted by atomic mass is 10.2. The first-order chi connectivity index (χ1) is 6.63. The molecule has 0 unspecified atom stereocenters. The molecule has 0 aliphatic rings. The lowest BCUT2D eigenvalue weighted by Gasteiger charge is -2.15. The van der Waals surface area contributed by atoms with E-state index in [0.29, 0.717) is 18.8 Å². The Morgan fingerprint density at radius 3 is 2.79 bits per heavy atom. The Labute approximate surface area is 83.8 Å². The van der Waals surface area contributed by atoms with Crippen molar-refractivity contribution in [1.82, 2.24) is 9.88 Å². The Hall–Kier alpha value is -1.13. The summed E-state index contributed by atoms with van der Waals surface area (Å²) < 4.78 is 0. The maximum atomic E-state index is 9.50. The number of aryl methyl sites for hydroxylation is 1. The number of hydrogen-bond donors (Lipinski definition) is 2. The molecule has 1 rings (SSSR count). The average molecular weight is 196 g/mol. The van der Waals surface area contributed by atoms with Crippen molar-refractivity contribution in [3.8, 4) is 5.75 Å². The highest BCUT2D eigenvalue weighted by Crippen LogP contribution is 2.15. The summed E-state index contributed by atoms with van der Waals surface area (Å²) in [5.74, 6) is 0.209. The Kier molecular flexibility index (Phi) is 3.85. The molecule has 0 aliphatic heterocycles. The van der Waals surface area contributed by atoms with Gasteiger partial charge in [-0.3, -0.25) is 9.88 Å². The van der Waals surface area contributed by atoms with E-state index in [-0.39, 0.29) is 12.4 Å². The standard InChI is InChI=1S/C10H16N2O2/c1-8-3-4-10(14)9(11-8)7-12(2)5-6-13/h3-4,13-14H,5-7H2,1-2H3. The minimum absolute atomic E-state index is 0.114. The number of hydrogen-bond acceptors (Lipinski definition) is 4. The molecule has 14 heavy (non-hydrogen) atoms. The van der Waals surface area contributed by atoms with Crippen LogP contribution in [0.2, 0.25) is 0 Å². The molecular weight excluding hydrogens is 180 g/mol. The predicted molar refractivity (Wildman–Crippen MR) is 54.1 cm³/mol. The molecule has 0 radical (unpaired) electrons. The fourth-order valence-corrected chi connectivity index (χ4v) is 1.22. The summed E-state index contributed by atoms with van der Waals surface area (Å²) in [4.78, 5) is 6.13. The Morgan fingerprint density at radius 1 is 1.43 bits per heavy atom. The van der Waals surface area contributed by atoms with Gasteiger partial charge in [0.15, 0.2) is 0 Å². The molecule has 1 heterocycles. The van der Waals surface area contributed by atoms with Crippen molar-refractivity contribution >= 4 is 0 Å². The second-order valence-corrected chi connectivity index (χ2v) is 3.38. The van der Waals surface area contributed by atoms with Gasteiger partial charge in [0.25, 0.3) is 0 Å². The first-order valence-corrected chi connectivity index (χ1v) is 4.58. The summed E-state index contributed by atoms with van der Waals surface area (Å²) in [6.45, 7) is 3.13. The number of aromatic hydroxyl groups is 1. The largest absolute Gasteiger partial charge is 0.506 e. The summed E-state index contributed by atoms with van der Waals surface area (Å²) in [6, 6.07) is 3.41. The van der Waals surface area contributed by atoms with Crippen molar-refractivity contribution < 1.29 is 10.2 Å². The highest BCUT2D eigenvalue weighted by molar-refractivity contribution is 5.27. The van der Waals surface area contributed by atoms with Crippen LogP contribution in [0.25, 0.3) is 0 Å². The number of likely N-dealkylation sites (N-methyl/N-ethyl adjacent to an activating group) is 1. The summed E-state index contributed by atoms with van der Waals surface area (Å²) in [5.41, 5.74) is 1.54. The fourth-order valence-electron chi connectivity index (χ4n) is 1.22. The Morgan fingerprint density at radius 2 is 2.14 bits per heavy atom. The second-order valence-electron chi connectivity index (χ2n) is 3.38. The molecule has 0 aliphatic carbocycles. The lowest BCUT2D eigenvalue weighted by molar-refractivity contribution is 0.214. The first-order valence-electron chi connectivity index (χ1n) is 4.58. The van der Waals surface area contributed by atoms with Gasteiger partial charge in [-0.05, 0) is 26.1 Å². The van der Waals surface area contributed by atoms with Gasteiger partial charge in [0.05, 0.1) is 12.3 Å². The van der Waals surface area contributed by atoms with Gasteiger partial charge in [0.2, 0.25) is 0 Å². The third-order valence-corrected chi connectivity index (χ3v) is 1.99. The van der Waals surface area contributed by atoms with E-state index in [1.54, 1.807) is 12.1 Å². The van der Waals surface area contributed by atoms with Crippen LogP contribution in [0.4, 0.5) is 0 Å². The van der Waals surface area contributed by atoms with Crippen molar-refractivity contribution in [1.29, 1.82) is 0 Å². The highest BCUT2D eigenvalue weighted by atomic mass is 16.3. The average Bonchev–Trinajstić information content (AvgIpc) is 2.12. The van der Waals surface area contributed by atoms with E-state index in [0.717, 1.165) is 5.69 Å². The zero-order valence-corrected chi connectivity index (χ0v) is 8.56. The quantitative estimate of drug-likeness (QED) is 0.737. The number of nitrogens with zero attached hydrogens (tertiary/aromatic N) is 2. The van der Waals surface area contributed by atoms with E-state index >= 15 is 0 Å². The van der Waals surface area contributed by atoms with Gasteiger partial charge in [0, 0.05) is 18.8 Å². The molecule has 0 aromatic carbocycles. The van der Waals surface area contributed by atoms with Gasteiger partial charge in [-0.25, -0.2) is 0 Å². The zero-order chi connectivity index (χ0) is 10.6. The number of aliphatic hydroxyl groups excluding tert-OH is 1. The zero-order valence-electron chi connectivity index (χ0n) is 8.56. The van der Waals surface area contributed by atoms with Crippen LogP contribution in [0, 0.1) is 6.92 Å². The molecule has 0 saturated heterocycles. The summed E-state index contributed by atoms with van der Waals surface area (Å²) in [6.07, 6.45) is 0. The number of rotatable bonds is 4. The molecule has 4 heteroatoms. The lowest BCUT2D eigenvalue weighted by Crippen LogP contribution is -2.22. The number of aromatic nitrogens is 1.